The van der Waals surface area contributed by atoms with Crippen LogP contribution in [0.3, 0.4) is 0 Å². The third-order valence-electron chi connectivity index (χ3n) is 3.37. The molecular weight excluding hydrogens is 266 g/mol. The van der Waals surface area contributed by atoms with Crippen molar-refractivity contribution in [3.05, 3.63) is 51.2 Å². The Balaban J connectivity index is 1.89. The van der Waals surface area contributed by atoms with Crippen LogP contribution in [0.25, 0.3) is 0 Å². The standard InChI is InChI=1S/C17H23NOS/c1-4-10-18-11-15-8-9-16(20-15)12-19-17-7-5-6-13(2)14(17)3/h5-9,18H,4,10-12H2,1-3H3. The fourth-order valence-corrected chi connectivity index (χ4v) is 2.91. The Morgan fingerprint density at radius 1 is 1.10 bits per heavy atom. The third-order valence-corrected chi connectivity index (χ3v) is 4.43. The smallest absolute Gasteiger partial charge is 0.123 e. The molecule has 20 heavy (non-hydrogen) atoms. The summed E-state index contributed by atoms with van der Waals surface area (Å²) in [5.41, 5.74) is 2.51. The Morgan fingerprint density at radius 3 is 2.70 bits per heavy atom. The number of benzene rings is 1. The van der Waals surface area contributed by atoms with Crippen molar-refractivity contribution < 1.29 is 4.74 Å². The van der Waals surface area contributed by atoms with Crippen LogP contribution in [-0.2, 0) is 13.2 Å². The first-order chi connectivity index (χ1) is 9.70. The summed E-state index contributed by atoms with van der Waals surface area (Å²) in [6, 6.07) is 10.6. The summed E-state index contributed by atoms with van der Waals surface area (Å²) in [4.78, 5) is 2.65. The molecule has 3 heteroatoms. The predicted octanol–water partition coefficient (Wildman–Crippen LogP) is 4.44. The summed E-state index contributed by atoms with van der Waals surface area (Å²) in [5, 5.41) is 3.42. The second kappa shape index (κ2) is 7.46. The topological polar surface area (TPSA) is 21.3 Å². The highest BCUT2D eigenvalue weighted by Crippen LogP contribution is 2.23. The molecule has 1 heterocycles. The van der Waals surface area contributed by atoms with Crippen molar-refractivity contribution >= 4 is 11.3 Å². The van der Waals surface area contributed by atoms with Gasteiger partial charge in [0.25, 0.3) is 0 Å². The quantitative estimate of drug-likeness (QED) is 0.761. The first-order valence-electron chi connectivity index (χ1n) is 7.18. The van der Waals surface area contributed by atoms with Gasteiger partial charge in [0.1, 0.15) is 12.4 Å². The van der Waals surface area contributed by atoms with Crippen LogP contribution < -0.4 is 10.1 Å². The van der Waals surface area contributed by atoms with Crippen molar-refractivity contribution in [3.63, 3.8) is 0 Å². The Hall–Kier alpha value is -1.32. The third kappa shape index (κ3) is 4.09. The summed E-state index contributed by atoms with van der Waals surface area (Å²) in [6.45, 7) is 9.10. The SMILES string of the molecule is CCCNCc1ccc(COc2cccc(C)c2C)s1. The van der Waals surface area contributed by atoms with E-state index in [-0.39, 0.29) is 0 Å². The lowest BCUT2D eigenvalue weighted by Gasteiger charge is -2.09. The maximum absolute atomic E-state index is 5.93. The zero-order valence-corrected chi connectivity index (χ0v) is 13.3. The van der Waals surface area contributed by atoms with E-state index in [2.05, 4.69) is 44.3 Å². The van der Waals surface area contributed by atoms with Crippen LogP contribution in [0, 0.1) is 13.8 Å². The van der Waals surface area contributed by atoms with E-state index >= 15 is 0 Å². The van der Waals surface area contributed by atoms with E-state index in [0.717, 1.165) is 18.8 Å². The lowest BCUT2D eigenvalue weighted by atomic mass is 10.1. The highest BCUT2D eigenvalue weighted by molar-refractivity contribution is 7.11. The Kier molecular flexibility index (Phi) is 5.62. The molecule has 2 aromatic rings. The first-order valence-corrected chi connectivity index (χ1v) is 7.99. The van der Waals surface area contributed by atoms with E-state index in [1.165, 1.54) is 27.3 Å². The van der Waals surface area contributed by atoms with E-state index in [4.69, 9.17) is 4.74 Å². The van der Waals surface area contributed by atoms with E-state index in [9.17, 15) is 0 Å². The minimum atomic E-state index is 0.655. The van der Waals surface area contributed by atoms with Crippen molar-refractivity contribution in [2.75, 3.05) is 6.54 Å². The summed E-state index contributed by atoms with van der Waals surface area (Å²) >= 11 is 1.83. The molecule has 2 rings (SSSR count). The summed E-state index contributed by atoms with van der Waals surface area (Å²) in [7, 11) is 0. The van der Waals surface area contributed by atoms with Gasteiger partial charge in [0.2, 0.25) is 0 Å². The van der Waals surface area contributed by atoms with Gasteiger partial charge in [-0.15, -0.1) is 11.3 Å². The number of hydrogen-bond donors (Lipinski definition) is 1. The van der Waals surface area contributed by atoms with Crippen LogP contribution in [0.1, 0.15) is 34.2 Å². The van der Waals surface area contributed by atoms with Crippen molar-refractivity contribution in [2.45, 2.75) is 40.3 Å². The molecule has 1 N–H and O–H groups in total. The van der Waals surface area contributed by atoms with Crippen LogP contribution in [0.5, 0.6) is 5.75 Å². The second-order valence-corrected chi connectivity index (χ2v) is 6.28. The van der Waals surface area contributed by atoms with Gasteiger partial charge in [-0.1, -0.05) is 19.1 Å². The van der Waals surface area contributed by atoms with E-state index in [0.29, 0.717) is 6.61 Å². The summed E-state index contributed by atoms with van der Waals surface area (Å²) < 4.78 is 5.93. The van der Waals surface area contributed by atoms with Gasteiger partial charge >= 0.3 is 0 Å². The van der Waals surface area contributed by atoms with E-state index in [1.807, 2.05) is 23.5 Å². The molecule has 0 aliphatic heterocycles. The highest BCUT2D eigenvalue weighted by Gasteiger charge is 2.04. The molecule has 0 spiro atoms. The molecular formula is C17H23NOS. The molecule has 0 fully saturated rings. The van der Waals surface area contributed by atoms with Crippen LogP contribution in [0.4, 0.5) is 0 Å². The monoisotopic (exact) mass is 289 g/mol. The highest BCUT2D eigenvalue weighted by atomic mass is 32.1. The molecule has 108 valence electrons. The van der Waals surface area contributed by atoms with Crippen molar-refractivity contribution in [2.24, 2.45) is 0 Å². The summed E-state index contributed by atoms with van der Waals surface area (Å²) in [5.74, 6) is 0.990. The Labute approximate surface area is 125 Å². The molecule has 0 saturated heterocycles. The lowest BCUT2D eigenvalue weighted by Crippen LogP contribution is -2.12. The molecule has 0 unspecified atom stereocenters. The zero-order chi connectivity index (χ0) is 14.4. The summed E-state index contributed by atoms with van der Waals surface area (Å²) in [6.07, 6.45) is 1.17. The molecule has 0 bridgehead atoms. The van der Waals surface area contributed by atoms with E-state index < -0.39 is 0 Å². The molecule has 0 saturated carbocycles. The fraction of sp³-hybridized carbons (Fsp3) is 0.412. The molecule has 1 aromatic heterocycles. The molecule has 0 aliphatic carbocycles. The number of thiophene rings is 1. The Bertz CT molecular complexity index is 548. The van der Waals surface area contributed by atoms with Gasteiger partial charge in [0.05, 0.1) is 0 Å². The average molecular weight is 289 g/mol. The van der Waals surface area contributed by atoms with Crippen LogP contribution in [0.2, 0.25) is 0 Å². The van der Waals surface area contributed by atoms with Crippen molar-refractivity contribution in [1.29, 1.82) is 0 Å². The van der Waals surface area contributed by atoms with Gasteiger partial charge in [-0.3, -0.25) is 0 Å². The number of aryl methyl sites for hydroxylation is 1. The minimum Gasteiger partial charge on any atom is -0.488 e. The van der Waals surface area contributed by atoms with Gasteiger partial charge < -0.3 is 10.1 Å². The largest absolute Gasteiger partial charge is 0.488 e. The first kappa shape index (κ1) is 15.1. The number of rotatable bonds is 7. The zero-order valence-electron chi connectivity index (χ0n) is 12.5. The van der Waals surface area contributed by atoms with Gasteiger partial charge in [0, 0.05) is 16.3 Å². The van der Waals surface area contributed by atoms with Crippen molar-refractivity contribution in [1.82, 2.24) is 5.32 Å². The molecule has 0 aliphatic rings. The van der Waals surface area contributed by atoms with Gasteiger partial charge in [-0.05, 0) is 56.1 Å². The molecule has 2 nitrogen and oxygen atoms in total. The molecule has 0 radical (unpaired) electrons. The average Bonchev–Trinajstić information content (AvgIpc) is 2.89. The second-order valence-electron chi connectivity index (χ2n) is 5.03. The van der Waals surface area contributed by atoms with Crippen LogP contribution >= 0.6 is 11.3 Å². The maximum atomic E-state index is 5.93. The fourth-order valence-electron chi connectivity index (χ4n) is 2.01. The minimum absolute atomic E-state index is 0.655. The van der Waals surface area contributed by atoms with Crippen LogP contribution in [0.15, 0.2) is 30.3 Å². The Morgan fingerprint density at radius 2 is 1.90 bits per heavy atom. The van der Waals surface area contributed by atoms with Crippen LogP contribution in [-0.4, -0.2) is 6.54 Å². The van der Waals surface area contributed by atoms with Gasteiger partial charge in [0.15, 0.2) is 0 Å². The van der Waals surface area contributed by atoms with Gasteiger partial charge in [-0.2, -0.15) is 0 Å². The number of hydrogen-bond acceptors (Lipinski definition) is 3. The maximum Gasteiger partial charge on any atom is 0.123 e. The predicted molar refractivity (Wildman–Crippen MR) is 86.6 cm³/mol. The number of nitrogens with one attached hydrogen (secondary N) is 1. The van der Waals surface area contributed by atoms with Gasteiger partial charge in [-0.25, -0.2) is 0 Å². The number of ether oxygens (including phenoxy) is 1. The molecule has 0 atom stereocenters. The van der Waals surface area contributed by atoms with E-state index in [1.54, 1.807) is 0 Å². The lowest BCUT2D eigenvalue weighted by molar-refractivity contribution is 0.307. The van der Waals surface area contributed by atoms with Crippen molar-refractivity contribution in [3.8, 4) is 5.75 Å². The molecule has 1 aromatic carbocycles. The normalized spacial score (nSPS) is 10.8. The molecule has 0 amide bonds.